The number of hydrogen-bond donors (Lipinski definition) is 0. The lowest BCUT2D eigenvalue weighted by atomic mass is 10.1. The van der Waals surface area contributed by atoms with E-state index >= 15 is 0 Å². The molecule has 0 spiro atoms. The van der Waals surface area contributed by atoms with Crippen molar-refractivity contribution in [1.29, 1.82) is 0 Å². The second-order valence-corrected chi connectivity index (χ2v) is 6.36. The van der Waals surface area contributed by atoms with Gasteiger partial charge in [0.25, 0.3) is 0 Å². The van der Waals surface area contributed by atoms with Crippen molar-refractivity contribution in [2.24, 2.45) is 0 Å². The molecule has 122 valence electrons. The molecular weight excluding hydrogens is 290 g/mol. The fourth-order valence-electron chi connectivity index (χ4n) is 3.32. The van der Waals surface area contributed by atoms with E-state index in [1.54, 1.807) is 0 Å². The highest BCUT2D eigenvalue weighted by atomic mass is 15.0. The van der Waals surface area contributed by atoms with Crippen LogP contribution in [0.15, 0.2) is 66.7 Å². The van der Waals surface area contributed by atoms with Crippen LogP contribution in [0.4, 0.5) is 0 Å². The quantitative estimate of drug-likeness (QED) is 0.513. The Morgan fingerprint density at radius 1 is 0.958 bits per heavy atom. The van der Waals surface area contributed by atoms with E-state index in [9.17, 15) is 0 Å². The molecule has 3 aromatic rings. The number of allylic oxidation sites excluding steroid dienone is 2. The number of benzene rings is 2. The van der Waals surface area contributed by atoms with E-state index in [4.69, 9.17) is 0 Å². The smallest absolute Gasteiger partial charge is 0.0491 e. The Labute approximate surface area is 145 Å². The lowest BCUT2D eigenvalue weighted by Gasteiger charge is -2.13. The lowest BCUT2D eigenvalue weighted by Crippen LogP contribution is -2.01. The summed E-state index contributed by atoms with van der Waals surface area (Å²) >= 11 is 0. The minimum absolute atomic E-state index is 1.05. The van der Waals surface area contributed by atoms with Crippen molar-refractivity contribution < 1.29 is 0 Å². The molecule has 0 saturated heterocycles. The molecule has 1 aromatic heterocycles. The summed E-state index contributed by atoms with van der Waals surface area (Å²) in [5.74, 6) is 0. The molecule has 0 aliphatic rings. The normalized spacial score (nSPS) is 11.8. The maximum Gasteiger partial charge on any atom is 0.0491 e. The Balaban J connectivity index is 2.26. The highest BCUT2D eigenvalue weighted by Gasteiger charge is 2.15. The first-order valence-corrected chi connectivity index (χ1v) is 8.63. The molecule has 0 radical (unpaired) electrons. The van der Waals surface area contributed by atoms with Gasteiger partial charge in [-0.1, -0.05) is 55.5 Å². The third kappa shape index (κ3) is 3.07. The molecule has 0 aliphatic heterocycles. The van der Waals surface area contributed by atoms with Gasteiger partial charge in [-0.15, -0.1) is 0 Å². The Morgan fingerprint density at radius 3 is 2.38 bits per heavy atom. The molecular formula is C23H25N. The zero-order chi connectivity index (χ0) is 17.1. The van der Waals surface area contributed by atoms with Crippen LogP contribution in [-0.4, -0.2) is 4.57 Å². The van der Waals surface area contributed by atoms with Gasteiger partial charge in [-0.05, 0) is 62.1 Å². The van der Waals surface area contributed by atoms with Crippen LogP contribution in [0.1, 0.15) is 37.2 Å². The SMILES string of the molecule is CC/C=C(\C)c1cc(-c2ccccc2)c(C)n1-c1cccc(C)c1. The highest BCUT2D eigenvalue weighted by Crippen LogP contribution is 2.33. The van der Waals surface area contributed by atoms with Gasteiger partial charge in [-0.3, -0.25) is 0 Å². The van der Waals surface area contributed by atoms with Crippen LogP contribution in [0.2, 0.25) is 0 Å². The zero-order valence-corrected chi connectivity index (χ0v) is 15.0. The molecule has 1 nitrogen and oxygen atoms in total. The third-order valence-corrected chi connectivity index (χ3v) is 4.51. The first-order valence-electron chi connectivity index (χ1n) is 8.63. The molecule has 0 fully saturated rings. The Morgan fingerprint density at radius 2 is 1.71 bits per heavy atom. The number of aryl methyl sites for hydroxylation is 1. The first-order chi connectivity index (χ1) is 11.6. The molecule has 24 heavy (non-hydrogen) atoms. The van der Waals surface area contributed by atoms with Crippen molar-refractivity contribution in [3.05, 3.63) is 83.7 Å². The van der Waals surface area contributed by atoms with Gasteiger partial charge in [-0.25, -0.2) is 0 Å². The van der Waals surface area contributed by atoms with Gasteiger partial charge in [0.15, 0.2) is 0 Å². The van der Waals surface area contributed by atoms with Crippen LogP contribution in [0.25, 0.3) is 22.4 Å². The molecule has 3 rings (SSSR count). The van der Waals surface area contributed by atoms with Crippen molar-refractivity contribution in [2.75, 3.05) is 0 Å². The third-order valence-electron chi connectivity index (χ3n) is 4.51. The number of aromatic nitrogens is 1. The van der Waals surface area contributed by atoms with Gasteiger partial charge in [-0.2, -0.15) is 0 Å². The molecule has 0 atom stereocenters. The summed E-state index contributed by atoms with van der Waals surface area (Å²) in [4.78, 5) is 0. The second-order valence-electron chi connectivity index (χ2n) is 6.36. The number of hydrogen-bond acceptors (Lipinski definition) is 0. The fourth-order valence-corrected chi connectivity index (χ4v) is 3.32. The Hall–Kier alpha value is -2.54. The van der Waals surface area contributed by atoms with Crippen LogP contribution in [0.5, 0.6) is 0 Å². The van der Waals surface area contributed by atoms with Gasteiger partial charge in [0, 0.05) is 22.6 Å². The van der Waals surface area contributed by atoms with Gasteiger partial charge in [0.2, 0.25) is 0 Å². The molecule has 0 saturated carbocycles. The van der Waals surface area contributed by atoms with E-state index in [2.05, 4.69) is 99.0 Å². The molecule has 0 bridgehead atoms. The average molecular weight is 315 g/mol. The zero-order valence-electron chi connectivity index (χ0n) is 15.0. The largest absolute Gasteiger partial charge is 0.314 e. The van der Waals surface area contributed by atoms with E-state index in [1.807, 2.05) is 0 Å². The van der Waals surface area contributed by atoms with Crippen molar-refractivity contribution >= 4 is 5.57 Å². The molecule has 0 N–H and O–H groups in total. The van der Waals surface area contributed by atoms with E-state index in [1.165, 1.54) is 39.3 Å². The molecule has 0 unspecified atom stereocenters. The predicted octanol–water partition coefficient (Wildman–Crippen LogP) is 6.57. The minimum Gasteiger partial charge on any atom is -0.314 e. The summed E-state index contributed by atoms with van der Waals surface area (Å²) in [5, 5.41) is 0. The van der Waals surface area contributed by atoms with Crippen LogP contribution < -0.4 is 0 Å². The molecule has 2 aromatic carbocycles. The predicted molar refractivity (Wildman–Crippen MR) is 105 cm³/mol. The first kappa shape index (κ1) is 16.3. The maximum absolute atomic E-state index is 2.39. The molecule has 0 aliphatic carbocycles. The van der Waals surface area contributed by atoms with Crippen LogP contribution in [-0.2, 0) is 0 Å². The maximum atomic E-state index is 2.39. The van der Waals surface area contributed by atoms with E-state index in [0.717, 1.165) is 6.42 Å². The second kappa shape index (κ2) is 6.92. The van der Waals surface area contributed by atoms with Crippen molar-refractivity contribution in [3.63, 3.8) is 0 Å². The summed E-state index contributed by atoms with van der Waals surface area (Å²) in [6.07, 6.45) is 3.35. The van der Waals surface area contributed by atoms with Crippen LogP contribution in [0, 0.1) is 13.8 Å². The lowest BCUT2D eigenvalue weighted by molar-refractivity contribution is 0.990. The number of rotatable bonds is 4. The number of nitrogens with zero attached hydrogens (tertiary/aromatic N) is 1. The fraction of sp³-hybridized carbons (Fsp3) is 0.217. The van der Waals surface area contributed by atoms with Crippen LogP contribution in [0.3, 0.4) is 0 Å². The van der Waals surface area contributed by atoms with Crippen molar-refractivity contribution in [3.8, 4) is 16.8 Å². The van der Waals surface area contributed by atoms with Crippen molar-refractivity contribution in [1.82, 2.24) is 4.57 Å². The Bertz CT molecular complexity index is 866. The summed E-state index contributed by atoms with van der Waals surface area (Å²) in [5.41, 5.74) is 8.97. The monoisotopic (exact) mass is 315 g/mol. The highest BCUT2D eigenvalue weighted by molar-refractivity contribution is 5.75. The van der Waals surface area contributed by atoms with E-state index < -0.39 is 0 Å². The van der Waals surface area contributed by atoms with E-state index in [0.29, 0.717) is 0 Å². The van der Waals surface area contributed by atoms with Gasteiger partial charge < -0.3 is 4.57 Å². The summed E-state index contributed by atoms with van der Waals surface area (Å²) < 4.78 is 2.39. The van der Waals surface area contributed by atoms with E-state index in [-0.39, 0.29) is 0 Å². The summed E-state index contributed by atoms with van der Waals surface area (Å²) in [6, 6.07) is 21.7. The van der Waals surface area contributed by atoms with Gasteiger partial charge in [0.1, 0.15) is 0 Å². The standard InChI is InChI=1S/C23H25N/c1-5-10-18(3)23-16-22(20-12-7-6-8-13-20)19(4)24(23)21-14-9-11-17(2)15-21/h6-16H,5H2,1-4H3/b18-10+. The van der Waals surface area contributed by atoms with Gasteiger partial charge in [0.05, 0.1) is 0 Å². The molecule has 1 heteroatoms. The van der Waals surface area contributed by atoms with Gasteiger partial charge >= 0.3 is 0 Å². The summed E-state index contributed by atoms with van der Waals surface area (Å²) in [7, 11) is 0. The Kier molecular flexibility index (Phi) is 4.71. The topological polar surface area (TPSA) is 4.93 Å². The average Bonchev–Trinajstić information content (AvgIpc) is 2.93. The minimum atomic E-state index is 1.05. The summed E-state index contributed by atoms with van der Waals surface area (Å²) in [6.45, 7) is 8.76. The molecule has 0 amide bonds. The molecule has 1 heterocycles. The van der Waals surface area contributed by atoms with Crippen molar-refractivity contribution in [2.45, 2.75) is 34.1 Å². The van der Waals surface area contributed by atoms with Crippen LogP contribution >= 0.6 is 0 Å².